The maximum Gasteiger partial charge on any atom is 0.409 e. The van der Waals surface area contributed by atoms with Crippen molar-refractivity contribution >= 4 is 11.7 Å². The lowest BCUT2D eigenvalue weighted by Crippen LogP contribution is -2.53. The van der Waals surface area contributed by atoms with E-state index in [2.05, 4.69) is 5.10 Å². The second-order valence-corrected chi connectivity index (χ2v) is 6.06. The zero-order valence-electron chi connectivity index (χ0n) is 13.3. The molecule has 0 spiro atoms. The lowest BCUT2D eigenvalue weighted by Gasteiger charge is -2.39. The Morgan fingerprint density at radius 2 is 1.76 bits per heavy atom. The van der Waals surface area contributed by atoms with Gasteiger partial charge in [-0.1, -0.05) is 0 Å². The SMILES string of the molecule is Cc1cc2n(n1)C(C)CC(C(F)(F)F)N2C(=O)c1cc(F)cc(F)c1. The molecule has 3 rings (SSSR count). The van der Waals surface area contributed by atoms with Crippen molar-refractivity contribution in [3.63, 3.8) is 0 Å². The van der Waals surface area contributed by atoms with E-state index < -0.39 is 47.8 Å². The number of anilines is 1. The molecule has 0 bridgehead atoms. The lowest BCUT2D eigenvalue weighted by atomic mass is 10.0. The molecule has 0 saturated carbocycles. The van der Waals surface area contributed by atoms with Crippen LogP contribution in [-0.2, 0) is 0 Å². The number of carbonyl (C=O) groups excluding carboxylic acids is 1. The molecular formula is C16H14F5N3O. The number of rotatable bonds is 1. The smallest absolute Gasteiger partial charge is 0.280 e. The first-order chi connectivity index (χ1) is 11.6. The molecule has 25 heavy (non-hydrogen) atoms. The van der Waals surface area contributed by atoms with Crippen molar-refractivity contribution in [3.05, 3.63) is 47.2 Å². The largest absolute Gasteiger partial charge is 0.409 e. The van der Waals surface area contributed by atoms with Gasteiger partial charge in [-0.3, -0.25) is 9.69 Å². The van der Waals surface area contributed by atoms with Gasteiger partial charge in [0.25, 0.3) is 5.91 Å². The van der Waals surface area contributed by atoms with E-state index in [0.717, 1.165) is 0 Å². The number of carbonyl (C=O) groups is 1. The van der Waals surface area contributed by atoms with Gasteiger partial charge in [-0.05, 0) is 32.4 Å². The highest BCUT2D eigenvalue weighted by atomic mass is 19.4. The highest BCUT2D eigenvalue weighted by Crippen LogP contribution is 2.40. The first kappa shape index (κ1) is 17.4. The standard InChI is InChI=1S/C16H14F5N3O/c1-8-3-14-23(15(25)10-5-11(17)7-12(18)6-10)13(16(19,20)21)4-9(2)24(14)22-8/h3,5-7,9,13H,4H2,1-2H3. The number of hydrogen-bond donors (Lipinski definition) is 0. The van der Waals surface area contributed by atoms with Gasteiger partial charge < -0.3 is 0 Å². The maximum absolute atomic E-state index is 13.5. The van der Waals surface area contributed by atoms with Crippen LogP contribution in [0.15, 0.2) is 24.3 Å². The van der Waals surface area contributed by atoms with E-state index in [1.807, 2.05) is 0 Å². The highest BCUT2D eigenvalue weighted by molar-refractivity contribution is 6.06. The summed E-state index contributed by atoms with van der Waals surface area (Å²) in [7, 11) is 0. The lowest BCUT2D eigenvalue weighted by molar-refractivity contribution is -0.152. The van der Waals surface area contributed by atoms with E-state index in [0.29, 0.717) is 28.8 Å². The minimum absolute atomic E-state index is 0.0479. The molecule has 1 aromatic carbocycles. The Kier molecular flexibility index (Phi) is 4.04. The molecule has 0 aliphatic carbocycles. The number of fused-ring (bicyclic) bond motifs is 1. The Bertz CT molecular complexity index is 809. The fraction of sp³-hybridized carbons (Fsp3) is 0.375. The first-order valence-electron chi connectivity index (χ1n) is 7.50. The molecule has 1 aliphatic heterocycles. The minimum Gasteiger partial charge on any atom is -0.280 e. The van der Waals surface area contributed by atoms with Crippen molar-refractivity contribution in [2.24, 2.45) is 0 Å². The number of alkyl halides is 3. The summed E-state index contributed by atoms with van der Waals surface area (Å²) >= 11 is 0. The summed E-state index contributed by atoms with van der Waals surface area (Å²) in [4.78, 5) is 13.2. The van der Waals surface area contributed by atoms with Crippen LogP contribution >= 0.6 is 0 Å². The van der Waals surface area contributed by atoms with Crippen LogP contribution in [0.5, 0.6) is 0 Å². The molecule has 4 nitrogen and oxygen atoms in total. The second kappa shape index (κ2) is 5.82. The molecule has 134 valence electrons. The number of benzene rings is 1. The summed E-state index contributed by atoms with van der Waals surface area (Å²) in [6, 6.07) is 0.634. The molecule has 9 heteroatoms. The zero-order valence-corrected chi connectivity index (χ0v) is 13.3. The van der Waals surface area contributed by atoms with Crippen molar-refractivity contribution in [2.75, 3.05) is 4.90 Å². The van der Waals surface area contributed by atoms with Crippen LogP contribution in [0, 0.1) is 18.6 Å². The van der Waals surface area contributed by atoms with Gasteiger partial charge in [0.05, 0.1) is 11.7 Å². The number of hydrogen-bond acceptors (Lipinski definition) is 2. The number of aromatic nitrogens is 2. The van der Waals surface area contributed by atoms with Crippen LogP contribution in [0.1, 0.15) is 35.4 Å². The van der Waals surface area contributed by atoms with Crippen LogP contribution in [0.3, 0.4) is 0 Å². The fourth-order valence-corrected chi connectivity index (χ4v) is 3.04. The van der Waals surface area contributed by atoms with E-state index in [1.165, 1.54) is 10.7 Å². The normalized spacial score (nSPS) is 20.5. The first-order valence-corrected chi connectivity index (χ1v) is 7.50. The average Bonchev–Trinajstić information content (AvgIpc) is 2.86. The summed E-state index contributed by atoms with van der Waals surface area (Å²) in [6.45, 7) is 3.16. The van der Waals surface area contributed by atoms with Crippen LogP contribution in [-0.4, -0.2) is 27.9 Å². The Morgan fingerprint density at radius 3 is 2.32 bits per heavy atom. The average molecular weight is 359 g/mol. The van der Waals surface area contributed by atoms with Crippen LogP contribution in [0.25, 0.3) is 0 Å². The monoisotopic (exact) mass is 359 g/mol. The molecule has 2 aromatic rings. The highest BCUT2D eigenvalue weighted by Gasteiger charge is 2.50. The van der Waals surface area contributed by atoms with Gasteiger partial charge in [0.1, 0.15) is 23.5 Å². The van der Waals surface area contributed by atoms with Crippen molar-refractivity contribution in [1.82, 2.24) is 9.78 Å². The molecule has 0 radical (unpaired) electrons. The summed E-state index contributed by atoms with van der Waals surface area (Å²) in [5, 5.41) is 4.12. The van der Waals surface area contributed by atoms with Crippen LogP contribution in [0.4, 0.5) is 27.8 Å². The molecule has 1 amide bonds. The van der Waals surface area contributed by atoms with Gasteiger partial charge in [0.15, 0.2) is 0 Å². The molecule has 1 aromatic heterocycles. The van der Waals surface area contributed by atoms with E-state index in [-0.39, 0.29) is 5.82 Å². The van der Waals surface area contributed by atoms with Gasteiger partial charge >= 0.3 is 6.18 Å². The van der Waals surface area contributed by atoms with E-state index in [4.69, 9.17) is 0 Å². The van der Waals surface area contributed by atoms with Gasteiger partial charge in [-0.25, -0.2) is 13.5 Å². The minimum atomic E-state index is -4.70. The summed E-state index contributed by atoms with van der Waals surface area (Å²) in [5.41, 5.74) is -0.0559. The summed E-state index contributed by atoms with van der Waals surface area (Å²) in [6.07, 6.45) is -5.10. The molecule has 0 fully saturated rings. The summed E-state index contributed by atoms with van der Waals surface area (Å²) < 4.78 is 68.7. The number of halogens is 5. The Balaban J connectivity index is 2.14. The van der Waals surface area contributed by atoms with Crippen molar-refractivity contribution in [3.8, 4) is 0 Å². The van der Waals surface area contributed by atoms with Crippen molar-refractivity contribution in [1.29, 1.82) is 0 Å². The Morgan fingerprint density at radius 1 is 1.16 bits per heavy atom. The number of amides is 1. The molecular weight excluding hydrogens is 345 g/mol. The van der Waals surface area contributed by atoms with Gasteiger partial charge in [0, 0.05) is 17.7 Å². The van der Waals surface area contributed by atoms with Gasteiger partial charge in [-0.2, -0.15) is 18.3 Å². The van der Waals surface area contributed by atoms with Gasteiger partial charge in [0.2, 0.25) is 0 Å². The molecule has 2 unspecified atom stereocenters. The Labute approximate surface area is 139 Å². The number of nitrogens with zero attached hydrogens (tertiary/aromatic N) is 3. The van der Waals surface area contributed by atoms with E-state index in [1.54, 1.807) is 13.8 Å². The van der Waals surface area contributed by atoms with Gasteiger partial charge in [-0.15, -0.1) is 0 Å². The van der Waals surface area contributed by atoms with Crippen molar-refractivity contribution < 1.29 is 26.7 Å². The van der Waals surface area contributed by atoms with Crippen molar-refractivity contribution in [2.45, 2.75) is 38.5 Å². The van der Waals surface area contributed by atoms with Crippen LogP contribution < -0.4 is 4.90 Å². The predicted octanol–water partition coefficient (Wildman–Crippen LogP) is 4.01. The molecule has 2 heterocycles. The molecule has 1 aliphatic rings. The third kappa shape index (κ3) is 3.10. The topological polar surface area (TPSA) is 38.1 Å². The van der Waals surface area contributed by atoms with E-state index >= 15 is 0 Å². The summed E-state index contributed by atoms with van der Waals surface area (Å²) in [5.74, 6) is -3.26. The molecule has 0 saturated heterocycles. The predicted molar refractivity (Wildman–Crippen MR) is 79.3 cm³/mol. The van der Waals surface area contributed by atoms with E-state index in [9.17, 15) is 26.7 Å². The van der Waals surface area contributed by atoms with Crippen LogP contribution in [0.2, 0.25) is 0 Å². The quantitative estimate of drug-likeness (QED) is 0.722. The fourth-order valence-electron chi connectivity index (χ4n) is 3.04. The molecule has 0 N–H and O–H groups in total. The Hall–Kier alpha value is -2.45. The second-order valence-electron chi connectivity index (χ2n) is 6.06. The molecule has 2 atom stereocenters. The third-order valence-corrected chi connectivity index (χ3v) is 4.08. The zero-order chi connectivity index (χ0) is 18.5. The third-order valence-electron chi connectivity index (χ3n) is 4.08. The maximum atomic E-state index is 13.5. The number of aryl methyl sites for hydroxylation is 1.